The van der Waals surface area contributed by atoms with Gasteiger partial charge in [-0.25, -0.2) is 9.18 Å². The van der Waals surface area contributed by atoms with Crippen LogP contribution in [0.3, 0.4) is 0 Å². The van der Waals surface area contributed by atoms with Gasteiger partial charge in [0.25, 0.3) is 5.56 Å². The summed E-state index contributed by atoms with van der Waals surface area (Å²) in [5.74, 6) is -0.277. The van der Waals surface area contributed by atoms with Gasteiger partial charge in [0.05, 0.1) is 6.10 Å². The van der Waals surface area contributed by atoms with Crippen LogP contribution in [0.5, 0.6) is 0 Å². The molecule has 1 aliphatic rings. The Morgan fingerprint density at radius 2 is 2.00 bits per heavy atom. The highest BCUT2D eigenvalue weighted by Crippen LogP contribution is 2.17. The molecule has 1 saturated heterocycles. The van der Waals surface area contributed by atoms with Gasteiger partial charge in [0.15, 0.2) is 0 Å². The quantitative estimate of drug-likeness (QED) is 0.781. The molecule has 1 atom stereocenters. The van der Waals surface area contributed by atoms with Crippen LogP contribution in [0.15, 0.2) is 39.9 Å². The van der Waals surface area contributed by atoms with Crippen molar-refractivity contribution >= 4 is 0 Å². The fourth-order valence-electron chi connectivity index (χ4n) is 3.31. The third-order valence-corrected chi connectivity index (χ3v) is 4.79. The van der Waals surface area contributed by atoms with E-state index in [1.54, 1.807) is 13.1 Å². The Morgan fingerprint density at radius 1 is 1.19 bits per heavy atom. The summed E-state index contributed by atoms with van der Waals surface area (Å²) in [5, 5.41) is 0. The van der Waals surface area contributed by atoms with Crippen LogP contribution < -0.4 is 11.2 Å². The highest BCUT2D eigenvalue weighted by molar-refractivity contribution is 5.16. The molecule has 0 amide bonds. The summed E-state index contributed by atoms with van der Waals surface area (Å²) in [5.41, 5.74) is 0.797. The zero-order valence-corrected chi connectivity index (χ0v) is 15.2. The number of rotatable bonds is 6. The van der Waals surface area contributed by atoms with Gasteiger partial charge in [0.2, 0.25) is 0 Å². The third kappa shape index (κ3) is 4.28. The van der Waals surface area contributed by atoms with Gasteiger partial charge < -0.3 is 4.74 Å². The van der Waals surface area contributed by atoms with Gasteiger partial charge in [-0.15, -0.1) is 0 Å². The second-order valence-corrected chi connectivity index (χ2v) is 6.81. The van der Waals surface area contributed by atoms with Crippen molar-refractivity contribution in [3.8, 4) is 0 Å². The van der Waals surface area contributed by atoms with Crippen molar-refractivity contribution in [1.82, 2.24) is 14.0 Å². The van der Waals surface area contributed by atoms with Gasteiger partial charge in [-0.05, 0) is 30.5 Å². The van der Waals surface area contributed by atoms with E-state index in [0.717, 1.165) is 29.6 Å². The minimum Gasteiger partial charge on any atom is -0.377 e. The predicted octanol–water partition coefficient (Wildman–Crippen LogP) is 1.40. The molecule has 1 aromatic heterocycles. The summed E-state index contributed by atoms with van der Waals surface area (Å²) in [7, 11) is 3.12. The van der Waals surface area contributed by atoms with E-state index in [1.807, 2.05) is 6.07 Å². The van der Waals surface area contributed by atoms with Gasteiger partial charge in [0, 0.05) is 52.1 Å². The summed E-state index contributed by atoms with van der Waals surface area (Å²) in [6, 6.07) is 7.96. The zero-order chi connectivity index (χ0) is 18.7. The maximum absolute atomic E-state index is 13.5. The molecule has 2 aromatic rings. The monoisotopic (exact) mass is 361 g/mol. The summed E-state index contributed by atoms with van der Waals surface area (Å²) in [4.78, 5) is 26.3. The summed E-state index contributed by atoms with van der Waals surface area (Å²) >= 11 is 0. The van der Waals surface area contributed by atoms with E-state index >= 15 is 0 Å². The van der Waals surface area contributed by atoms with Crippen molar-refractivity contribution in [1.29, 1.82) is 0 Å². The molecule has 6 nitrogen and oxygen atoms in total. The molecule has 0 radical (unpaired) electrons. The van der Waals surface area contributed by atoms with Gasteiger partial charge in [-0.2, -0.15) is 0 Å². The standard InChI is InChI=1S/C19H24FN3O3/c1-21-16(10-18(24)22(2)19(21)25)12-23(13-17-7-4-8-26-17)11-14-5-3-6-15(20)9-14/h3,5-6,9-10,17H,4,7-8,11-13H2,1-2H3. The van der Waals surface area contributed by atoms with Crippen molar-refractivity contribution in [2.75, 3.05) is 13.2 Å². The van der Waals surface area contributed by atoms with E-state index < -0.39 is 0 Å². The lowest BCUT2D eigenvalue weighted by Crippen LogP contribution is -2.40. The molecule has 1 fully saturated rings. The molecule has 26 heavy (non-hydrogen) atoms. The molecule has 1 aliphatic heterocycles. The maximum Gasteiger partial charge on any atom is 0.330 e. The average molecular weight is 361 g/mol. The summed E-state index contributed by atoms with van der Waals surface area (Å²) < 4.78 is 21.8. The number of benzene rings is 1. The first-order valence-electron chi connectivity index (χ1n) is 8.78. The number of halogens is 1. The van der Waals surface area contributed by atoms with Gasteiger partial charge in [-0.3, -0.25) is 18.8 Å². The minimum atomic E-state index is -0.352. The zero-order valence-electron chi connectivity index (χ0n) is 15.2. The van der Waals surface area contributed by atoms with Crippen molar-refractivity contribution in [2.24, 2.45) is 14.1 Å². The topological polar surface area (TPSA) is 56.5 Å². The van der Waals surface area contributed by atoms with Crippen LogP contribution in [-0.4, -0.2) is 33.3 Å². The van der Waals surface area contributed by atoms with E-state index in [4.69, 9.17) is 4.74 Å². The van der Waals surface area contributed by atoms with Crippen molar-refractivity contribution < 1.29 is 9.13 Å². The van der Waals surface area contributed by atoms with E-state index in [1.165, 1.54) is 29.8 Å². The molecule has 140 valence electrons. The maximum atomic E-state index is 13.5. The molecule has 1 aromatic carbocycles. The Morgan fingerprint density at radius 3 is 2.69 bits per heavy atom. The molecule has 3 rings (SSSR count). The Labute approximate surface area is 151 Å². The summed E-state index contributed by atoms with van der Waals surface area (Å²) in [6.07, 6.45) is 2.13. The van der Waals surface area contributed by atoms with E-state index in [-0.39, 0.29) is 23.2 Å². The Kier molecular flexibility index (Phi) is 5.68. The lowest BCUT2D eigenvalue weighted by molar-refractivity contribution is 0.0669. The van der Waals surface area contributed by atoms with Gasteiger partial charge in [-0.1, -0.05) is 12.1 Å². The second kappa shape index (κ2) is 7.97. The first-order valence-corrected chi connectivity index (χ1v) is 8.78. The van der Waals surface area contributed by atoms with Crippen molar-refractivity contribution in [3.63, 3.8) is 0 Å². The highest BCUT2D eigenvalue weighted by Gasteiger charge is 2.21. The summed E-state index contributed by atoms with van der Waals surface area (Å²) in [6.45, 7) is 2.35. The normalized spacial score (nSPS) is 17.2. The molecule has 2 heterocycles. The Hall–Kier alpha value is -2.25. The number of aromatic nitrogens is 2. The molecule has 0 saturated carbocycles. The second-order valence-electron chi connectivity index (χ2n) is 6.81. The van der Waals surface area contributed by atoms with E-state index in [0.29, 0.717) is 25.3 Å². The fourth-order valence-corrected chi connectivity index (χ4v) is 3.31. The van der Waals surface area contributed by atoms with Crippen LogP contribution >= 0.6 is 0 Å². The largest absolute Gasteiger partial charge is 0.377 e. The Balaban J connectivity index is 1.85. The van der Waals surface area contributed by atoms with Gasteiger partial charge in [0.1, 0.15) is 5.82 Å². The number of hydrogen-bond acceptors (Lipinski definition) is 4. The number of hydrogen-bond donors (Lipinski definition) is 0. The number of ether oxygens (including phenoxy) is 1. The van der Waals surface area contributed by atoms with E-state index in [9.17, 15) is 14.0 Å². The average Bonchev–Trinajstić information content (AvgIpc) is 3.11. The van der Waals surface area contributed by atoms with E-state index in [2.05, 4.69) is 4.90 Å². The molecular formula is C19H24FN3O3. The van der Waals surface area contributed by atoms with Crippen LogP contribution in [0.2, 0.25) is 0 Å². The molecule has 1 unspecified atom stereocenters. The first kappa shape index (κ1) is 18.5. The molecular weight excluding hydrogens is 337 g/mol. The van der Waals surface area contributed by atoms with Gasteiger partial charge >= 0.3 is 5.69 Å². The minimum absolute atomic E-state index is 0.118. The van der Waals surface area contributed by atoms with Crippen LogP contribution in [-0.2, 0) is 31.9 Å². The van der Waals surface area contributed by atoms with Crippen molar-refractivity contribution in [2.45, 2.75) is 32.0 Å². The molecule has 0 bridgehead atoms. The lowest BCUT2D eigenvalue weighted by atomic mass is 10.1. The Bertz CT molecular complexity index is 884. The number of nitrogens with zero attached hydrogens (tertiary/aromatic N) is 3. The molecule has 0 aliphatic carbocycles. The first-order chi connectivity index (χ1) is 12.4. The van der Waals surface area contributed by atoms with Crippen LogP contribution in [0.4, 0.5) is 4.39 Å². The smallest absolute Gasteiger partial charge is 0.330 e. The van der Waals surface area contributed by atoms with Crippen LogP contribution in [0.25, 0.3) is 0 Å². The van der Waals surface area contributed by atoms with Crippen LogP contribution in [0.1, 0.15) is 24.1 Å². The fraction of sp³-hybridized carbons (Fsp3) is 0.474. The molecule has 0 N–H and O–H groups in total. The predicted molar refractivity (Wildman–Crippen MR) is 96.4 cm³/mol. The molecule has 7 heteroatoms. The third-order valence-electron chi connectivity index (χ3n) is 4.79. The van der Waals surface area contributed by atoms with Crippen molar-refractivity contribution in [3.05, 3.63) is 68.2 Å². The highest BCUT2D eigenvalue weighted by atomic mass is 19.1. The van der Waals surface area contributed by atoms with Crippen LogP contribution in [0, 0.1) is 5.82 Å². The SMILES string of the molecule is Cn1c(CN(Cc2cccc(F)c2)CC2CCCO2)cc(=O)n(C)c1=O. The lowest BCUT2D eigenvalue weighted by Gasteiger charge is -2.26. The molecule has 0 spiro atoms.